The Morgan fingerprint density at radius 2 is 1.59 bits per heavy atom. The van der Waals surface area contributed by atoms with Gasteiger partial charge in [0.25, 0.3) is 5.56 Å². The lowest BCUT2D eigenvalue weighted by molar-refractivity contribution is 0.0515. The zero-order valence-corrected chi connectivity index (χ0v) is 28.4. The molecule has 11 nitrogen and oxygen atoms in total. The highest BCUT2D eigenvalue weighted by Gasteiger charge is 2.25. The van der Waals surface area contributed by atoms with Crippen molar-refractivity contribution < 1.29 is 39.9 Å². The molecular formula is C34H33F2N3O8S2. The Labute approximate surface area is 281 Å². The van der Waals surface area contributed by atoms with Crippen LogP contribution in [-0.4, -0.2) is 55.8 Å². The number of aromatic nitrogens is 2. The van der Waals surface area contributed by atoms with Gasteiger partial charge in [-0.15, -0.1) is 0 Å². The van der Waals surface area contributed by atoms with E-state index in [1.54, 1.807) is 6.92 Å². The van der Waals surface area contributed by atoms with Crippen molar-refractivity contribution in [3.8, 4) is 22.6 Å². The van der Waals surface area contributed by atoms with E-state index < -0.39 is 54.5 Å². The smallest absolute Gasteiger partial charge is 0.354 e. The van der Waals surface area contributed by atoms with E-state index >= 15 is 0 Å². The van der Waals surface area contributed by atoms with Gasteiger partial charge in [-0.3, -0.25) is 9.52 Å². The van der Waals surface area contributed by atoms with E-state index in [1.165, 1.54) is 53.6 Å². The number of esters is 1. The van der Waals surface area contributed by atoms with Gasteiger partial charge in [-0.05, 0) is 48.9 Å². The van der Waals surface area contributed by atoms with Gasteiger partial charge in [0, 0.05) is 53.8 Å². The van der Waals surface area contributed by atoms with E-state index in [4.69, 9.17) is 9.47 Å². The average molecular weight is 714 g/mol. The highest BCUT2D eigenvalue weighted by Crippen LogP contribution is 2.40. The first-order valence-corrected chi connectivity index (χ1v) is 18.6. The fourth-order valence-electron chi connectivity index (χ4n) is 5.17. The Hall–Kier alpha value is -5.02. The van der Waals surface area contributed by atoms with E-state index in [0.29, 0.717) is 11.6 Å². The van der Waals surface area contributed by atoms with Crippen molar-refractivity contribution in [2.45, 2.75) is 20.4 Å². The lowest BCUT2D eigenvalue weighted by Gasteiger charge is -2.17. The van der Waals surface area contributed by atoms with Crippen LogP contribution in [0, 0.1) is 11.6 Å². The number of halogens is 2. The van der Waals surface area contributed by atoms with Gasteiger partial charge in [-0.1, -0.05) is 37.3 Å². The summed E-state index contributed by atoms with van der Waals surface area (Å²) in [6.45, 7) is 3.26. The minimum Gasteiger partial charge on any atom is -0.461 e. The zero-order valence-electron chi connectivity index (χ0n) is 26.8. The Morgan fingerprint density at radius 3 is 2.27 bits per heavy atom. The van der Waals surface area contributed by atoms with Crippen LogP contribution < -0.4 is 15.0 Å². The van der Waals surface area contributed by atoms with Crippen LogP contribution in [0.25, 0.3) is 22.0 Å². The number of aryl methyl sites for hydroxylation is 1. The predicted molar refractivity (Wildman–Crippen MR) is 182 cm³/mol. The SMILES string of the molecule is CCOC(=O)c1cc2c(-c3cc(NS(=O)(=O)CCS(=O)(=O)CC)ccc3Oc3ccc(F)cc3F)cn(C)c(=O)c2n1Cc1ccccc1. The molecule has 0 radical (unpaired) electrons. The second-order valence-corrected chi connectivity index (χ2v) is 15.4. The van der Waals surface area contributed by atoms with Gasteiger partial charge in [0.1, 0.15) is 22.8 Å². The molecule has 0 saturated carbocycles. The standard InChI is InChI=1S/C34H33F2N3O8S2/c1-4-46-34(41)29-19-26-27(21-38(3)33(40)32(26)39(29)20-22-9-7-6-8-10-22)25-18-24(37-49(44,45)16-15-48(42,43)5-2)12-14-30(25)47-31-13-11-23(35)17-28(31)36/h6-14,17-19,21,37H,4-5,15-16,20H2,1-3H3. The lowest BCUT2D eigenvalue weighted by atomic mass is 10.0. The number of fused-ring (bicyclic) bond motifs is 1. The second-order valence-electron chi connectivity index (χ2n) is 11.1. The molecule has 0 saturated heterocycles. The molecular weight excluding hydrogens is 681 g/mol. The number of rotatable bonds is 13. The van der Waals surface area contributed by atoms with Crippen LogP contribution in [0.5, 0.6) is 11.5 Å². The highest BCUT2D eigenvalue weighted by molar-refractivity contribution is 7.95. The molecule has 0 spiro atoms. The average Bonchev–Trinajstić information content (AvgIpc) is 3.43. The maximum atomic E-state index is 14.8. The van der Waals surface area contributed by atoms with Gasteiger partial charge in [-0.25, -0.2) is 30.4 Å². The zero-order chi connectivity index (χ0) is 35.5. The fourth-order valence-corrected chi connectivity index (χ4v) is 7.94. The summed E-state index contributed by atoms with van der Waals surface area (Å²) in [5.41, 5.74) is 1.00. The summed E-state index contributed by atoms with van der Waals surface area (Å²) in [6.07, 6.45) is 1.46. The lowest BCUT2D eigenvalue weighted by Crippen LogP contribution is -2.23. The number of nitrogens with one attached hydrogen (secondary N) is 1. The van der Waals surface area contributed by atoms with Gasteiger partial charge in [0.15, 0.2) is 21.4 Å². The first kappa shape index (κ1) is 35.3. The topological polar surface area (TPSA) is 143 Å². The minimum atomic E-state index is -4.16. The molecule has 0 atom stereocenters. The number of nitrogens with zero attached hydrogens (tertiary/aromatic N) is 2. The summed E-state index contributed by atoms with van der Waals surface area (Å²) < 4.78 is 94.8. The van der Waals surface area contributed by atoms with Crippen LogP contribution in [0.15, 0.2) is 83.8 Å². The number of benzene rings is 3. The predicted octanol–water partition coefficient (Wildman–Crippen LogP) is 5.48. The van der Waals surface area contributed by atoms with Crippen molar-refractivity contribution in [2.75, 3.05) is 28.6 Å². The van der Waals surface area contributed by atoms with Crippen molar-refractivity contribution in [1.29, 1.82) is 0 Å². The third-order valence-electron chi connectivity index (χ3n) is 7.66. The van der Waals surface area contributed by atoms with Crippen LogP contribution in [0.2, 0.25) is 0 Å². The Balaban J connectivity index is 1.73. The van der Waals surface area contributed by atoms with Crippen LogP contribution in [0.1, 0.15) is 29.9 Å². The Bertz CT molecular complexity index is 2320. The number of hydrogen-bond acceptors (Lipinski definition) is 8. The molecule has 49 heavy (non-hydrogen) atoms. The number of anilines is 1. The van der Waals surface area contributed by atoms with Crippen LogP contribution in [0.4, 0.5) is 14.5 Å². The quantitative estimate of drug-likeness (QED) is 0.158. The number of pyridine rings is 1. The molecule has 5 rings (SSSR count). The summed E-state index contributed by atoms with van der Waals surface area (Å²) in [7, 11) is -6.26. The third-order valence-corrected chi connectivity index (χ3v) is 10.9. The molecule has 2 heterocycles. The summed E-state index contributed by atoms with van der Waals surface area (Å²) in [4.78, 5) is 27.0. The molecule has 0 unspecified atom stereocenters. The number of ether oxygens (including phenoxy) is 2. The van der Waals surface area contributed by atoms with Crippen molar-refractivity contribution >= 4 is 42.4 Å². The first-order valence-electron chi connectivity index (χ1n) is 15.1. The number of sulfonamides is 1. The van der Waals surface area contributed by atoms with Crippen molar-refractivity contribution in [3.63, 3.8) is 0 Å². The largest absolute Gasteiger partial charge is 0.461 e. The van der Waals surface area contributed by atoms with E-state index in [-0.39, 0.29) is 58.3 Å². The Kier molecular flexibility index (Phi) is 10.2. The summed E-state index contributed by atoms with van der Waals surface area (Å²) in [6, 6.07) is 17.4. The molecule has 2 aromatic heterocycles. The summed E-state index contributed by atoms with van der Waals surface area (Å²) in [5.74, 6) is -4.37. The van der Waals surface area contributed by atoms with E-state index in [1.807, 2.05) is 30.3 Å². The van der Waals surface area contributed by atoms with Crippen molar-refractivity contribution in [1.82, 2.24) is 9.13 Å². The molecule has 0 bridgehead atoms. The molecule has 15 heteroatoms. The second kappa shape index (κ2) is 14.2. The maximum absolute atomic E-state index is 14.8. The fraction of sp³-hybridized carbons (Fsp3) is 0.235. The molecule has 0 aliphatic carbocycles. The molecule has 5 aromatic rings. The van der Waals surface area contributed by atoms with E-state index in [0.717, 1.165) is 17.7 Å². The number of hydrogen-bond donors (Lipinski definition) is 1. The molecule has 3 aromatic carbocycles. The monoisotopic (exact) mass is 713 g/mol. The third kappa shape index (κ3) is 8.00. The molecule has 0 aliphatic rings. The molecule has 1 N–H and O–H groups in total. The maximum Gasteiger partial charge on any atom is 0.354 e. The van der Waals surface area contributed by atoms with Crippen LogP contribution in [0.3, 0.4) is 0 Å². The minimum absolute atomic E-state index is 0.00420. The molecule has 0 fully saturated rings. The molecule has 0 aliphatic heterocycles. The normalized spacial score (nSPS) is 11.9. The summed E-state index contributed by atoms with van der Waals surface area (Å²) >= 11 is 0. The van der Waals surface area contributed by atoms with Gasteiger partial charge >= 0.3 is 5.97 Å². The Morgan fingerprint density at radius 1 is 0.878 bits per heavy atom. The summed E-state index contributed by atoms with van der Waals surface area (Å²) in [5, 5.41) is 0.278. The van der Waals surface area contributed by atoms with E-state index in [2.05, 4.69) is 4.72 Å². The first-order chi connectivity index (χ1) is 23.2. The van der Waals surface area contributed by atoms with Gasteiger partial charge in [0.05, 0.1) is 18.1 Å². The van der Waals surface area contributed by atoms with Gasteiger partial charge < -0.3 is 18.6 Å². The van der Waals surface area contributed by atoms with Crippen LogP contribution in [-0.2, 0) is 38.2 Å². The van der Waals surface area contributed by atoms with E-state index in [9.17, 15) is 35.2 Å². The van der Waals surface area contributed by atoms with Crippen molar-refractivity contribution in [3.05, 3.63) is 112 Å². The molecule has 0 amide bonds. The van der Waals surface area contributed by atoms with Crippen molar-refractivity contribution in [2.24, 2.45) is 7.05 Å². The van der Waals surface area contributed by atoms with Gasteiger partial charge in [-0.2, -0.15) is 0 Å². The highest BCUT2D eigenvalue weighted by atomic mass is 32.2. The number of carbonyl (C=O) groups is 1. The number of carbonyl (C=O) groups excluding carboxylic acids is 1. The molecule has 258 valence electrons. The number of sulfone groups is 1. The van der Waals surface area contributed by atoms with Gasteiger partial charge in [0.2, 0.25) is 10.0 Å². The van der Waals surface area contributed by atoms with Crippen LogP contribution >= 0.6 is 0 Å².